The van der Waals surface area contributed by atoms with Gasteiger partial charge in [0.05, 0.1) is 0 Å². The highest BCUT2D eigenvalue weighted by Gasteiger charge is 2.29. The molecule has 0 unspecified atom stereocenters. The fourth-order valence-electron chi connectivity index (χ4n) is 8.17. The van der Waals surface area contributed by atoms with Gasteiger partial charge in [-0.15, -0.1) is 0 Å². The van der Waals surface area contributed by atoms with Crippen LogP contribution in [-0.4, -0.2) is 19.9 Å². The monoisotopic (exact) mass is 596 g/mol. The molecule has 2 aromatic heterocycles. The maximum Gasteiger partial charge on any atom is 0.151 e. The van der Waals surface area contributed by atoms with Crippen molar-refractivity contribution in [2.45, 2.75) is 136 Å². The first kappa shape index (κ1) is 33.0. The van der Waals surface area contributed by atoms with Crippen LogP contribution < -0.4 is 0 Å². The number of nitrogens with zero attached hydrogens (tertiary/aromatic N) is 4. The Morgan fingerprint density at radius 2 is 0.932 bits per heavy atom. The minimum absolute atomic E-state index is 0.592. The van der Waals surface area contributed by atoms with Crippen molar-refractivity contribution in [3.63, 3.8) is 0 Å². The van der Waals surface area contributed by atoms with Crippen LogP contribution in [0.1, 0.15) is 152 Å². The summed E-state index contributed by atoms with van der Waals surface area (Å²) in [6.07, 6.45) is 39.0. The predicted octanol–water partition coefficient (Wildman–Crippen LogP) is 11.0. The molecule has 4 heteroatoms. The lowest BCUT2D eigenvalue weighted by Crippen LogP contribution is -2.24. The number of hydrogen-bond acceptors (Lipinski definition) is 4. The van der Waals surface area contributed by atoms with E-state index in [1.807, 2.05) is 31.7 Å². The molecule has 0 radical (unpaired) electrons. The molecule has 4 aliphatic carbocycles. The number of allylic oxidation sites excluding steroid dienone is 2. The molecule has 0 amide bonds. The maximum absolute atomic E-state index is 4.64. The summed E-state index contributed by atoms with van der Waals surface area (Å²) in [4.78, 5) is 18.0. The van der Waals surface area contributed by atoms with Crippen LogP contribution in [0.25, 0.3) is 12.2 Å². The molecule has 0 N–H and O–H groups in total. The third-order valence-corrected chi connectivity index (χ3v) is 11.6. The number of hydrogen-bond donors (Lipinski definition) is 0. The molecule has 0 aliphatic heterocycles. The predicted molar refractivity (Wildman–Crippen MR) is 185 cm³/mol. The molecule has 4 aliphatic rings. The molecule has 0 spiro atoms. The van der Waals surface area contributed by atoms with Crippen molar-refractivity contribution >= 4 is 12.2 Å². The fraction of sp³-hybridized carbons (Fsp3) is 0.700. The van der Waals surface area contributed by atoms with Crippen molar-refractivity contribution in [3.05, 3.63) is 59.7 Å². The molecular weight excluding hydrogens is 536 g/mol. The standard InChI is InChI=1S/2C20H30N2/c1-15-3-8-18(9-4-15)19-10-5-17(6-11-19)7-12-20-21-13-16(2)14-22-20;1-15-3-7-17(8-4-15)9-10-18-13-21-20(22-14-18)19-11-5-16(2)6-12-19/h7,12-15,17-19H,3-6,8-11H2,1-2H3;9-10,13-17,19H,3-8,11-12H2,1-2H3/b12-7+;10-9+. The van der Waals surface area contributed by atoms with Gasteiger partial charge in [0, 0.05) is 36.3 Å². The Labute approximate surface area is 269 Å². The van der Waals surface area contributed by atoms with Gasteiger partial charge >= 0.3 is 0 Å². The molecule has 6 rings (SSSR count). The topological polar surface area (TPSA) is 51.6 Å². The summed E-state index contributed by atoms with van der Waals surface area (Å²) in [5, 5.41) is 0. The molecule has 44 heavy (non-hydrogen) atoms. The molecular formula is C40H60N4. The van der Waals surface area contributed by atoms with Gasteiger partial charge in [-0.1, -0.05) is 77.5 Å². The average Bonchev–Trinajstić information content (AvgIpc) is 3.06. The van der Waals surface area contributed by atoms with E-state index in [0.29, 0.717) is 5.92 Å². The van der Waals surface area contributed by atoms with Crippen molar-refractivity contribution in [1.29, 1.82) is 0 Å². The molecule has 0 saturated heterocycles. The summed E-state index contributed by atoms with van der Waals surface area (Å²) >= 11 is 0. The lowest BCUT2D eigenvalue weighted by Gasteiger charge is -2.36. The normalized spacial score (nSPS) is 33.2. The Hall–Kier alpha value is -2.36. The van der Waals surface area contributed by atoms with E-state index in [2.05, 4.69) is 65.0 Å². The first-order valence-corrected chi connectivity index (χ1v) is 18.4. The van der Waals surface area contributed by atoms with Gasteiger partial charge in [0.15, 0.2) is 5.82 Å². The summed E-state index contributed by atoms with van der Waals surface area (Å²) in [5.41, 5.74) is 2.28. The van der Waals surface area contributed by atoms with Crippen LogP contribution in [0.2, 0.25) is 0 Å². The molecule has 240 valence electrons. The van der Waals surface area contributed by atoms with Crippen LogP contribution in [0, 0.1) is 48.3 Å². The summed E-state index contributed by atoms with van der Waals surface area (Å²) in [7, 11) is 0. The molecule has 0 bridgehead atoms. The van der Waals surface area contributed by atoms with Gasteiger partial charge in [0.2, 0.25) is 0 Å². The van der Waals surface area contributed by atoms with E-state index in [0.717, 1.165) is 64.2 Å². The summed E-state index contributed by atoms with van der Waals surface area (Å²) in [6, 6.07) is 0. The van der Waals surface area contributed by atoms with Crippen molar-refractivity contribution in [1.82, 2.24) is 19.9 Å². The number of aromatic nitrogens is 4. The molecule has 0 atom stereocenters. The zero-order valence-corrected chi connectivity index (χ0v) is 28.3. The molecule has 2 heterocycles. The van der Waals surface area contributed by atoms with E-state index in [1.165, 1.54) is 103 Å². The van der Waals surface area contributed by atoms with E-state index >= 15 is 0 Å². The van der Waals surface area contributed by atoms with E-state index in [1.54, 1.807) is 0 Å². The Balaban J connectivity index is 0.000000175. The van der Waals surface area contributed by atoms with Gasteiger partial charge in [-0.05, 0) is 124 Å². The Morgan fingerprint density at radius 1 is 0.500 bits per heavy atom. The van der Waals surface area contributed by atoms with Crippen molar-refractivity contribution in [3.8, 4) is 0 Å². The molecule has 0 aromatic carbocycles. The van der Waals surface area contributed by atoms with Crippen LogP contribution in [0.5, 0.6) is 0 Å². The van der Waals surface area contributed by atoms with Crippen molar-refractivity contribution < 1.29 is 0 Å². The Bertz CT molecular complexity index is 1140. The molecule has 4 fully saturated rings. The zero-order chi connectivity index (χ0) is 30.7. The van der Waals surface area contributed by atoms with Crippen LogP contribution >= 0.6 is 0 Å². The summed E-state index contributed by atoms with van der Waals surface area (Å²) < 4.78 is 0. The van der Waals surface area contributed by atoms with E-state index in [4.69, 9.17) is 0 Å². The first-order chi connectivity index (χ1) is 21.4. The van der Waals surface area contributed by atoms with E-state index in [9.17, 15) is 0 Å². The minimum Gasteiger partial charge on any atom is -0.240 e. The Kier molecular flexibility index (Phi) is 12.6. The first-order valence-electron chi connectivity index (χ1n) is 18.4. The van der Waals surface area contributed by atoms with Gasteiger partial charge < -0.3 is 0 Å². The highest BCUT2D eigenvalue weighted by Crippen LogP contribution is 2.41. The maximum atomic E-state index is 4.64. The van der Waals surface area contributed by atoms with Crippen LogP contribution in [-0.2, 0) is 0 Å². The minimum atomic E-state index is 0.592. The lowest BCUT2D eigenvalue weighted by molar-refractivity contribution is 0.160. The second-order valence-corrected chi connectivity index (χ2v) is 15.4. The lowest BCUT2D eigenvalue weighted by atomic mass is 9.69. The quantitative estimate of drug-likeness (QED) is 0.333. The molecule has 4 nitrogen and oxygen atoms in total. The van der Waals surface area contributed by atoms with Gasteiger partial charge in [0.25, 0.3) is 0 Å². The van der Waals surface area contributed by atoms with E-state index < -0.39 is 0 Å². The van der Waals surface area contributed by atoms with Crippen molar-refractivity contribution in [2.24, 2.45) is 41.4 Å². The van der Waals surface area contributed by atoms with Gasteiger partial charge in [0.1, 0.15) is 5.82 Å². The average molecular weight is 597 g/mol. The van der Waals surface area contributed by atoms with Crippen LogP contribution in [0.4, 0.5) is 0 Å². The SMILES string of the molecule is CC1CCC(/C=C/c2cnc(C3CCC(C)CC3)nc2)CC1.Cc1cnc(/C=C/C2CCC(C3CCC(C)CC3)CC2)nc1. The Morgan fingerprint density at radius 3 is 1.48 bits per heavy atom. The second kappa shape index (κ2) is 16.8. The van der Waals surface area contributed by atoms with Gasteiger partial charge in [-0.25, -0.2) is 19.9 Å². The fourth-order valence-corrected chi connectivity index (χ4v) is 8.17. The molecule has 4 saturated carbocycles. The smallest absolute Gasteiger partial charge is 0.151 e. The number of rotatable bonds is 6. The number of aryl methyl sites for hydroxylation is 1. The van der Waals surface area contributed by atoms with Crippen molar-refractivity contribution in [2.75, 3.05) is 0 Å². The summed E-state index contributed by atoms with van der Waals surface area (Å²) in [6.45, 7) is 9.18. The summed E-state index contributed by atoms with van der Waals surface area (Å²) in [5.74, 6) is 8.83. The van der Waals surface area contributed by atoms with E-state index in [-0.39, 0.29) is 0 Å². The van der Waals surface area contributed by atoms with Crippen LogP contribution in [0.15, 0.2) is 36.9 Å². The van der Waals surface area contributed by atoms with Gasteiger partial charge in [-0.2, -0.15) is 0 Å². The van der Waals surface area contributed by atoms with Crippen LogP contribution in [0.3, 0.4) is 0 Å². The third-order valence-electron chi connectivity index (χ3n) is 11.6. The third kappa shape index (κ3) is 10.3. The molecule has 2 aromatic rings. The zero-order valence-electron chi connectivity index (χ0n) is 28.3. The highest BCUT2D eigenvalue weighted by atomic mass is 14.9. The highest BCUT2D eigenvalue weighted by molar-refractivity contribution is 5.46. The largest absolute Gasteiger partial charge is 0.240 e. The second-order valence-electron chi connectivity index (χ2n) is 15.4. The van der Waals surface area contributed by atoms with Gasteiger partial charge in [-0.3, -0.25) is 0 Å².